The molecule has 0 aliphatic carbocycles. The third-order valence-electron chi connectivity index (χ3n) is 5.98. The van der Waals surface area contributed by atoms with Crippen molar-refractivity contribution in [1.29, 1.82) is 5.26 Å². The number of dihydropyridines is 1. The largest absolute Gasteiger partial charge is 0.468 e. The quantitative estimate of drug-likeness (QED) is 0.336. The molecule has 1 atom stereocenters. The zero-order valence-electron chi connectivity index (χ0n) is 21.5. The van der Waals surface area contributed by atoms with Crippen LogP contribution in [-0.2, 0) is 14.3 Å². The third-order valence-corrected chi connectivity index (χ3v) is 7.00. The van der Waals surface area contributed by atoms with Crippen LogP contribution >= 0.6 is 11.8 Å². The predicted octanol–water partition coefficient (Wildman–Crippen LogP) is 5.08. The van der Waals surface area contributed by atoms with Crippen LogP contribution < -0.4 is 16.0 Å². The van der Waals surface area contributed by atoms with Crippen LogP contribution in [0.5, 0.6) is 0 Å². The smallest absolute Gasteiger partial charge is 0.339 e. The summed E-state index contributed by atoms with van der Waals surface area (Å²) in [7, 11) is 1.26. The van der Waals surface area contributed by atoms with Gasteiger partial charge in [0.15, 0.2) is 0 Å². The van der Waals surface area contributed by atoms with Crippen molar-refractivity contribution in [2.24, 2.45) is 0 Å². The molecule has 0 bridgehead atoms. The number of nitriles is 1. The number of hydrogen-bond acceptors (Lipinski definition) is 8. The molecule has 3 N–H and O–H groups in total. The Hall–Kier alpha value is -4.75. The summed E-state index contributed by atoms with van der Waals surface area (Å²) in [5.41, 5.74) is 3.17. The first-order valence-electron chi connectivity index (χ1n) is 12.0. The minimum Gasteiger partial charge on any atom is -0.468 e. The van der Waals surface area contributed by atoms with Gasteiger partial charge in [0.05, 0.1) is 58.5 Å². The molecule has 0 fully saturated rings. The van der Waals surface area contributed by atoms with E-state index in [0.717, 1.165) is 17.3 Å². The summed E-state index contributed by atoms with van der Waals surface area (Å²) in [4.78, 5) is 38.4. The second kappa shape index (κ2) is 12.2. The van der Waals surface area contributed by atoms with Crippen molar-refractivity contribution in [3.05, 3.63) is 106 Å². The van der Waals surface area contributed by atoms with E-state index in [2.05, 4.69) is 22.0 Å². The predicted molar refractivity (Wildman–Crippen MR) is 149 cm³/mol. The summed E-state index contributed by atoms with van der Waals surface area (Å²) in [6.07, 6.45) is 1.46. The minimum atomic E-state index is -0.834. The standard InChI is InChI=1S/C29H26N4O5S/c1-17-10-12-19(13-11-17)32-24(34)16-39-28-21(15-30)26(23-9-6-14-38-23)25(18(2)31-28)27(35)33-22-8-5-4-7-20(22)29(36)37-3/h4-14,26,31H,16H2,1-3H3,(H,32,34)(H,33,35)/t26-/m0/s1. The number of benzene rings is 2. The second-order valence-corrected chi connectivity index (χ2v) is 9.65. The Kier molecular flexibility index (Phi) is 8.53. The lowest BCUT2D eigenvalue weighted by Crippen LogP contribution is -2.31. The maximum Gasteiger partial charge on any atom is 0.339 e. The minimum absolute atomic E-state index is 0.0353. The van der Waals surface area contributed by atoms with Crippen LogP contribution in [0.3, 0.4) is 0 Å². The first-order chi connectivity index (χ1) is 18.8. The number of furan rings is 1. The van der Waals surface area contributed by atoms with Crippen LogP contribution in [0.15, 0.2) is 93.2 Å². The van der Waals surface area contributed by atoms with E-state index in [4.69, 9.17) is 9.15 Å². The van der Waals surface area contributed by atoms with Gasteiger partial charge in [-0.05, 0) is 50.2 Å². The lowest BCUT2D eigenvalue weighted by molar-refractivity contribution is -0.114. The summed E-state index contributed by atoms with van der Waals surface area (Å²) in [5.74, 6) is -1.77. The molecule has 9 nitrogen and oxygen atoms in total. The summed E-state index contributed by atoms with van der Waals surface area (Å²) in [6, 6.07) is 19.5. The second-order valence-electron chi connectivity index (χ2n) is 8.66. The third kappa shape index (κ3) is 6.22. The van der Waals surface area contributed by atoms with Crippen LogP contribution in [0.4, 0.5) is 11.4 Å². The van der Waals surface area contributed by atoms with Gasteiger partial charge < -0.3 is 25.1 Å². The fourth-order valence-electron chi connectivity index (χ4n) is 4.11. The number of esters is 1. The number of rotatable bonds is 8. The average molecular weight is 543 g/mol. The van der Waals surface area contributed by atoms with Crippen molar-refractivity contribution >= 4 is 40.9 Å². The maximum absolute atomic E-state index is 13.6. The monoisotopic (exact) mass is 542 g/mol. The van der Waals surface area contributed by atoms with Gasteiger partial charge in [-0.15, -0.1) is 0 Å². The summed E-state index contributed by atoms with van der Waals surface area (Å²) in [5, 5.41) is 19.4. The molecule has 0 radical (unpaired) electrons. The number of nitrogens with one attached hydrogen (secondary N) is 3. The fourth-order valence-corrected chi connectivity index (χ4v) is 5.00. The normalized spacial score (nSPS) is 14.8. The average Bonchev–Trinajstić information content (AvgIpc) is 3.47. The van der Waals surface area contributed by atoms with E-state index in [1.165, 1.54) is 13.4 Å². The Balaban J connectivity index is 1.60. The number of anilines is 2. The first-order valence-corrected chi connectivity index (χ1v) is 12.9. The highest BCUT2D eigenvalue weighted by molar-refractivity contribution is 8.03. The molecule has 0 spiro atoms. The highest BCUT2D eigenvalue weighted by atomic mass is 32.2. The Morgan fingerprint density at radius 2 is 1.79 bits per heavy atom. The molecule has 39 heavy (non-hydrogen) atoms. The first kappa shape index (κ1) is 27.3. The zero-order valence-corrected chi connectivity index (χ0v) is 22.3. The summed E-state index contributed by atoms with van der Waals surface area (Å²) in [6.45, 7) is 3.67. The van der Waals surface area contributed by atoms with Crippen molar-refractivity contribution in [2.45, 2.75) is 19.8 Å². The van der Waals surface area contributed by atoms with Gasteiger partial charge in [-0.1, -0.05) is 41.6 Å². The van der Waals surface area contributed by atoms with Crippen molar-refractivity contribution in [1.82, 2.24) is 5.32 Å². The van der Waals surface area contributed by atoms with Crippen LogP contribution in [0.2, 0.25) is 0 Å². The zero-order chi connectivity index (χ0) is 27.9. The molecule has 0 saturated heterocycles. The number of carbonyl (C=O) groups is 3. The molecule has 0 saturated carbocycles. The highest BCUT2D eigenvalue weighted by Crippen LogP contribution is 2.41. The number of nitrogens with zero attached hydrogens (tertiary/aromatic N) is 1. The summed E-state index contributed by atoms with van der Waals surface area (Å²) < 4.78 is 10.5. The molecule has 0 unspecified atom stereocenters. The maximum atomic E-state index is 13.6. The van der Waals surface area contributed by atoms with Gasteiger partial charge in [0.1, 0.15) is 5.76 Å². The lowest BCUT2D eigenvalue weighted by atomic mass is 9.85. The number of para-hydroxylation sites is 1. The number of aryl methyl sites for hydroxylation is 1. The highest BCUT2D eigenvalue weighted by Gasteiger charge is 2.37. The molecular weight excluding hydrogens is 516 g/mol. The number of ether oxygens (including phenoxy) is 1. The number of allylic oxidation sites excluding steroid dienone is 2. The molecule has 1 aliphatic heterocycles. The number of amides is 2. The van der Waals surface area contributed by atoms with Gasteiger partial charge in [0, 0.05) is 11.4 Å². The van der Waals surface area contributed by atoms with E-state index in [1.807, 2.05) is 31.2 Å². The molecule has 2 amide bonds. The van der Waals surface area contributed by atoms with Gasteiger partial charge in [0.2, 0.25) is 5.91 Å². The lowest BCUT2D eigenvalue weighted by Gasteiger charge is -2.28. The van der Waals surface area contributed by atoms with E-state index < -0.39 is 17.8 Å². The van der Waals surface area contributed by atoms with E-state index >= 15 is 0 Å². The number of carbonyl (C=O) groups excluding carboxylic acids is 3. The van der Waals surface area contributed by atoms with Crippen LogP contribution in [0, 0.1) is 18.3 Å². The summed E-state index contributed by atoms with van der Waals surface area (Å²) >= 11 is 1.16. The van der Waals surface area contributed by atoms with E-state index in [1.54, 1.807) is 43.3 Å². The molecule has 10 heteroatoms. The van der Waals surface area contributed by atoms with Crippen molar-refractivity contribution in [3.8, 4) is 6.07 Å². The Morgan fingerprint density at radius 1 is 1.05 bits per heavy atom. The van der Waals surface area contributed by atoms with Crippen molar-refractivity contribution < 1.29 is 23.5 Å². The van der Waals surface area contributed by atoms with Gasteiger partial charge in [-0.25, -0.2) is 4.79 Å². The molecule has 4 rings (SSSR count). The van der Waals surface area contributed by atoms with E-state index in [-0.39, 0.29) is 34.1 Å². The molecule has 1 aromatic heterocycles. The van der Waals surface area contributed by atoms with Gasteiger partial charge in [-0.2, -0.15) is 5.26 Å². The van der Waals surface area contributed by atoms with E-state index in [9.17, 15) is 19.6 Å². The van der Waals surface area contributed by atoms with Crippen LogP contribution in [0.25, 0.3) is 0 Å². The number of methoxy groups -OCH3 is 1. The van der Waals surface area contributed by atoms with Crippen LogP contribution in [-0.4, -0.2) is 30.6 Å². The topological polar surface area (TPSA) is 133 Å². The molecule has 198 valence electrons. The number of thioether (sulfide) groups is 1. The van der Waals surface area contributed by atoms with Gasteiger partial charge in [0.25, 0.3) is 5.91 Å². The number of hydrogen-bond donors (Lipinski definition) is 3. The Morgan fingerprint density at radius 3 is 2.46 bits per heavy atom. The Labute approximate surface area is 229 Å². The molecule has 3 aromatic rings. The SMILES string of the molecule is COC(=O)c1ccccc1NC(=O)C1=C(C)NC(SCC(=O)Nc2ccc(C)cc2)=C(C#N)[C@H]1c1ccco1. The van der Waals surface area contributed by atoms with Crippen LogP contribution in [0.1, 0.15) is 34.5 Å². The molecule has 2 heterocycles. The molecular formula is C29H26N4O5S. The fraction of sp³-hybridized carbons (Fsp3) is 0.172. The van der Waals surface area contributed by atoms with Crippen molar-refractivity contribution in [2.75, 3.05) is 23.5 Å². The van der Waals surface area contributed by atoms with Crippen molar-refractivity contribution in [3.63, 3.8) is 0 Å². The Bertz CT molecular complexity index is 1500. The van der Waals surface area contributed by atoms with E-state index in [0.29, 0.717) is 22.2 Å². The van der Waals surface area contributed by atoms with Gasteiger partial charge >= 0.3 is 5.97 Å². The molecule has 1 aliphatic rings. The van der Waals surface area contributed by atoms with Gasteiger partial charge in [-0.3, -0.25) is 9.59 Å². The molecule has 2 aromatic carbocycles.